The molecule has 1 aliphatic rings. The van der Waals surface area contributed by atoms with Crippen LogP contribution in [0.15, 0.2) is 48.5 Å². The maximum atomic E-state index is 12.7. The van der Waals surface area contributed by atoms with Crippen LogP contribution in [0.25, 0.3) is 0 Å². The van der Waals surface area contributed by atoms with Gasteiger partial charge in [-0.1, -0.05) is 48.0 Å². The van der Waals surface area contributed by atoms with Gasteiger partial charge < -0.3 is 10.1 Å². The van der Waals surface area contributed by atoms with E-state index in [0.29, 0.717) is 6.61 Å². The number of benzene rings is 2. The van der Waals surface area contributed by atoms with E-state index in [1.54, 1.807) is 0 Å². The van der Waals surface area contributed by atoms with Crippen LogP contribution in [0.4, 0.5) is 0 Å². The Balaban J connectivity index is 1.48. The highest BCUT2D eigenvalue weighted by molar-refractivity contribution is 6.31. The lowest BCUT2D eigenvalue weighted by Gasteiger charge is -2.32. The summed E-state index contributed by atoms with van der Waals surface area (Å²) in [5, 5.41) is 3.91. The van der Waals surface area contributed by atoms with Gasteiger partial charge in [0.1, 0.15) is 12.4 Å². The van der Waals surface area contributed by atoms with Crippen molar-refractivity contribution in [2.45, 2.75) is 39.3 Å². The fourth-order valence-corrected chi connectivity index (χ4v) is 3.81. The van der Waals surface area contributed by atoms with Crippen molar-refractivity contribution >= 4 is 17.5 Å². The summed E-state index contributed by atoms with van der Waals surface area (Å²) < 4.78 is 5.86. The molecule has 1 heterocycles. The van der Waals surface area contributed by atoms with Crippen LogP contribution in [0.1, 0.15) is 30.9 Å². The van der Waals surface area contributed by atoms with E-state index in [4.69, 9.17) is 16.3 Å². The second-order valence-electron chi connectivity index (χ2n) is 7.65. The van der Waals surface area contributed by atoms with E-state index < -0.39 is 0 Å². The molecule has 2 atom stereocenters. The van der Waals surface area contributed by atoms with Crippen molar-refractivity contribution < 1.29 is 9.53 Å². The lowest BCUT2D eigenvalue weighted by Crippen LogP contribution is -2.46. The molecule has 4 nitrogen and oxygen atoms in total. The number of hydrogen-bond donors (Lipinski definition) is 1. The van der Waals surface area contributed by atoms with Crippen LogP contribution in [-0.2, 0) is 11.3 Å². The second-order valence-corrected chi connectivity index (χ2v) is 8.06. The molecule has 0 saturated carbocycles. The summed E-state index contributed by atoms with van der Waals surface area (Å²) in [6.07, 6.45) is 1.95. The molecule has 150 valence electrons. The van der Waals surface area contributed by atoms with Crippen molar-refractivity contribution in [3.8, 4) is 5.75 Å². The largest absolute Gasteiger partial charge is 0.491 e. The number of halogens is 1. The monoisotopic (exact) mass is 400 g/mol. The zero-order chi connectivity index (χ0) is 19.9. The number of ether oxygens (including phenoxy) is 1. The number of likely N-dealkylation sites (tertiary alicyclic amines) is 1. The van der Waals surface area contributed by atoms with Crippen molar-refractivity contribution in [3.05, 3.63) is 64.7 Å². The first-order valence-electron chi connectivity index (χ1n) is 9.97. The average molecular weight is 401 g/mol. The summed E-state index contributed by atoms with van der Waals surface area (Å²) in [4.78, 5) is 15.1. The third-order valence-electron chi connectivity index (χ3n) is 5.20. The molecular weight excluding hydrogens is 372 g/mol. The van der Waals surface area contributed by atoms with E-state index in [-0.39, 0.29) is 17.9 Å². The minimum Gasteiger partial charge on any atom is -0.491 e. The average Bonchev–Trinajstić information content (AvgIpc) is 2.69. The molecule has 2 unspecified atom stereocenters. The summed E-state index contributed by atoms with van der Waals surface area (Å²) in [6, 6.07) is 15.8. The number of hydrogen-bond acceptors (Lipinski definition) is 3. The van der Waals surface area contributed by atoms with Crippen LogP contribution < -0.4 is 10.1 Å². The van der Waals surface area contributed by atoms with Crippen LogP contribution in [0, 0.1) is 12.8 Å². The summed E-state index contributed by atoms with van der Waals surface area (Å²) in [5.41, 5.74) is 2.22. The molecule has 0 spiro atoms. The predicted octanol–water partition coefficient (Wildman–Crippen LogP) is 4.44. The first-order chi connectivity index (χ1) is 13.5. The van der Waals surface area contributed by atoms with E-state index in [0.717, 1.165) is 54.4 Å². The van der Waals surface area contributed by atoms with Gasteiger partial charge in [0.2, 0.25) is 5.91 Å². The molecule has 2 aromatic rings. The Bertz CT molecular complexity index is 796. The van der Waals surface area contributed by atoms with E-state index in [9.17, 15) is 4.79 Å². The Kier molecular flexibility index (Phi) is 7.35. The van der Waals surface area contributed by atoms with Crippen LogP contribution in [0.5, 0.6) is 5.75 Å². The smallest absolute Gasteiger partial charge is 0.224 e. The van der Waals surface area contributed by atoms with Crippen molar-refractivity contribution in [2.75, 3.05) is 19.7 Å². The molecule has 1 fully saturated rings. The van der Waals surface area contributed by atoms with Gasteiger partial charge in [-0.2, -0.15) is 0 Å². The summed E-state index contributed by atoms with van der Waals surface area (Å²) in [7, 11) is 0. The van der Waals surface area contributed by atoms with Crippen LogP contribution in [0.3, 0.4) is 0 Å². The van der Waals surface area contributed by atoms with Gasteiger partial charge in [-0.3, -0.25) is 9.69 Å². The standard InChI is InChI=1S/C23H29ClN2O2/c1-17-8-3-6-12-22(17)28-16-18(2)25-23(27)20-10-7-13-26(15-20)14-19-9-4-5-11-21(19)24/h3-6,8-9,11-12,18,20H,7,10,13-16H2,1-2H3,(H,25,27). The minimum absolute atomic E-state index is 0.0112. The molecule has 0 bridgehead atoms. The first kappa shape index (κ1) is 20.7. The van der Waals surface area contributed by atoms with E-state index in [2.05, 4.69) is 16.3 Å². The summed E-state index contributed by atoms with van der Waals surface area (Å²) in [5.74, 6) is 0.995. The number of para-hydroxylation sites is 1. The Morgan fingerprint density at radius 1 is 1.25 bits per heavy atom. The highest BCUT2D eigenvalue weighted by atomic mass is 35.5. The van der Waals surface area contributed by atoms with Crippen LogP contribution in [-0.4, -0.2) is 36.5 Å². The highest BCUT2D eigenvalue weighted by Gasteiger charge is 2.27. The number of nitrogens with one attached hydrogen (secondary N) is 1. The second kappa shape index (κ2) is 9.94. The lowest BCUT2D eigenvalue weighted by molar-refractivity contribution is -0.127. The quantitative estimate of drug-likeness (QED) is 0.746. The Morgan fingerprint density at radius 3 is 2.79 bits per heavy atom. The molecule has 0 radical (unpaired) electrons. The normalized spacial score (nSPS) is 18.5. The molecule has 5 heteroatoms. The van der Waals surface area contributed by atoms with Gasteiger partial charge in [0.05, 0.1) is 12.0 Å². The van der Waals surface area contributed by atoms with Gasteiger partial charge >= 0.3 is 0 Å². The minimum atomic E-state index is -0.0361. The molecule has 2 aromatic carbocycles. The van der Waals surface area contributed by atoms with E-state index in [1.165, 1.54) is 0 Å². The first-order valence-corrected chi connectivity index (χ1v) is 10.4. The number of carbonyl (C=O) groups excluding carboxylic acids is 1. The van der Waals surface area contributed by atoms with Crippen LogP contribution >= 0.6 is 11.6 Å². The van der Waals surface area contributed by atoms with Gasteiger partial charge in [0.25, 0.3) is 0 Å². The third kappa shape index (κ3) is 5.73. The van der Waals surface area contributed by atoms with Gasteiger partial charge in [0, 0.05) is 18.1 Å². The lowest BCUT2D eigenvalue weighted by atomic mass is 9.96. The van der Waals surface area contributed by atoms with Crippen molar-refractivity contribution in [2.24, 2.45) is 5.92 Å². The Hall–Kier alpha value is -2.04. The zero-order valence-corrected chi connectivity index (χ0v) is 17.4. The van der Waals surface area contributed by atoms with Crippen LogP contribution in [0.2, 0.25) is 5.02 Å². The number of rotatable bonds is 7. The molecule has 0 aliphatic carbocycles. The van der Waals surface area contributed by atoms with Crippen molar-refractivity contribution in [3.63, 3.8) is 0 Å². The topological polar surface area (TPSA) is 41.6 Å². The fraction of sp³-hybridized carbons (Fsp3) is 0.435. The van der Waals surface area contributed by atoms with E-state index >= 15 is 0 Å². The van der Waals surface area contributed by atoms with Gasteiger partial charge in [-0.15, -0.1) is 0 Å². The van der Waals surface area contributed by atoms with Crippen molar-refractivity contribution in [1.82, 2.24) is 10.2 Å². The Morgan fingerprint density at radius 2 is 2.00 bits per heavy atom. The predicted molar refractivity (Wildman–Crippen MR) is 114 cm³/mol. The number of carbonyl (C=O) groups is 1. The maximum Gasteiger partial charge on any atom is 0.224 e. The SMILES string of the molecule is Cc1ccccc1OCC(C)NC(=O)C1CCCN(Cc2ccccc2Cl)C1. The fourth-order valence-electron chi connectivity index (χ4n) is 3.62. The molecule has 28 heavy (non-hydrogen) atoms. The molecular formula is C23H29ClN2O2. The summed E-state index contributed by atoms with van der Waals surface area (Å²) in [6.45, 7) is 7.03. The Labute approximate surface area is 172 Å². The third-order valence-corrected chi connectivity index (χ3v) is 5.57. The van der Waals surface area contributed by atoms with E-state index in [1.807, 2.05) is 56.3 Å². The number of aryl methyl sites for hydroxylation is 1. The molecule has 1 N–H and O–H groups in total. The number of piperidine rings is 1. The molecule has 1 aliphatic heterocycles. The molecule has 1 amide bonds. The maximum absolute atomic E-state index is 12.7. The zero-order valence-electron chi connectivity index (χ0n) is 16.7. The summed E-state index contributed by atoms with van der Waals surface area (Å²) >= 11 is 6.29. The van der Waals surface area contributed by atoms with Gasteiger partial charge in [-0.05, 0) is 56.5 Å². The van der Waals surface area contributed by atoms with Gasteiger partial charge in [0.15, 0.2) is 0 Å². The molecule has 0 aromatic heterocycles. The number of nitrogens with zero attached hydrogens (tertiary/aromatic N) is 1. The van der Waals surface area contributed by atoms with Crippen molar-refractivity contribution in [1.29, 1.82) is 0 Å². The van der Waals surface area contributed by atoms with Gasteiger partial charge in [-0.25, -0.2) is 0 Å². The highest BCUT2D eigenvalue weighted by Crippen LogP contribution is 2.22. The molecule has 3 rings (SSSR count). The molecule has 1 saturated heterocycles. The number of amides is 1.